The van der Waals surface area contributed by atoms with Crippen LogP contribution in [0.5, 0.6) is 0 Å². The Bertz CT molecular complexity index is 556. The predicted molar refractivity (Wildman–Crippen MR) is 70.7 cm³/mol. The molecule has 1 aliphatic heterocycles. The van der Waals surface area contributed by atoms with Gasteiger partial charge in [0.15, 0.2) is 5.82 Å². The summed E-state index contributed by atoms with van der Waals surface area (Å²) in [5, 5.41) is 6.86. The van der Waals surface area contributed by atoms with Gasteiger partial charge in [-0.3, -0.25) is 0 Å². The molecular weight excluding hydrogens is 260 g/mol. The summed E-state index contributed by atoms with van der Waals surface area (Å²) >= 11 is 8.75. The Morgan fingerprint density at radius 3 is 3.12 bits per heavy atom. The minimum atomic E-state index is 0.454. The Morgan fingerprint density at radius 1 is 1.56 bits per heavy atom. The standard InChI is InChI=1S/C9H10N4S3/c10-13-8(11-12-9(13)14)7-3-5-4-15-2-1-6(5)16-7/h3H,1-2,4,10H2,(H,12,14). The van der Waals surface area contributed by atoms with Crippen LogP contribution in [-0.2, 0) is 12.2 Å². The Morgan fingerprint density at radius 2 is 2.44 bits per heavy atom. The molecule has 0 unspecified atom stereocenters. The van der Waals surface area contributed by atoms with E-state index in [0.29, 0.717) is 4.77 Å². The van der Waals surface area contributed by atoms with Crippen LogP contribution in [0.1, 0.15) is 10.4 Å². The zero-order chi connectivity index (χ0) is 11.1. The number of rotatable bonds is 1. The van der Waals surface area contributed by atoms with E-state index < -0.39 is 0 Å². The second kappa shape index (κ2) is 3.90. The third-order valence-electron chi connectivity index (χ3n) is 2.55. The van der Waals surface area contributed by atoms with Crippen LogP contribution in [0.4, 0.5) is 0 Å². The van der Waals surface area contributed by atoms with E-state index in [2.05, 4.69) is 16.3 Å². The first-order valence-electron chi connectivity index (χ1n) is 4.88. The number of nitrogen functional groups attached to an aromatic ring is 1. The second-order valence-corrected chi connectivity index (χ2v) is 6.21. The van der Waals surface area contributed by atoms with Gasteiger partial charge in [-0.05, 0) is 36.0 Å². The highest BCUT2D eigenvalue weighted by Gasteiger charge is 2.17. The van der Waals surface area contributed by atoms with Gasteiger partial charge >= 0.3 is 0 Å². The molecule has 3 heterocycles. The summed E-state index contributed by atoms with van der Waals surface area (Å²) in [6, 6.07) is 2.18. The largest absolute Gasteiger partial charge is 0.335 e. The number of aromatic nitrogens is 3. The smallest absolute Gasteiger partial charge is 0.214 e. The van der Waals surface area contributed by atoms with Gasteiger partial charge in [-0.2, -0.15) is 16.9 Å². The van der Waals surface area contributed by atoms with Gasteiger partial charge in [-0.25, -0.2) is 9.77 Å². The molecule has 3 rings (SSSR count). The van der Waals surface area contributed by atoms with Crippen molar-refractivity contribution in [3.63, 3.8) is 0 Å². The lowest BCUT2D eigenvalue weighted by molar-refractivity contribution is 0.986. The van der Waals surface area contributed by atoms with Gasteiger partial charge in [0.25, 0.3) is 0 Å². The zero-order valence-electron chi connectivity index (χ0n) is 8.40. The van der Waals surface area contributed by atoms with Crippen molar-refractivity contribution >= 4 is 35.3 Å². The highest BCUT2D eigenvalue weighted by atomic mass is 32.2. The minimum absolute atomic E-state index is 0.454. The van der Waals surface area contributed by atoms with Gasteiger partial charge in [0.05, 0.1) is 4.88 Å². The van der Waals surface area contributed by atoms with E-state index >= 15 is 0 Å². The number of nitrogens with zero attached hydrogens (tertiary/aromatic N) is 2. The van der Waals surface area contributed by atoms with Crippen molar-refractivity contribution < 1.29 is 0 Å². The van der Waals surface area contributed by atoms with Crippen molar-refractivity contribution in [3.8, 4) is 10.7 Å². The van der Waals surface area contributed by atoms with Crippen molar-refractivity contribution in [1.29, 1.82) is 0 Å². The summed E-state index contributed by atoms with van der Waals surface area (Å²) in [7, 11) is 0. The van der Waals surface area contributed by atoms with Crippen LogP contribution in [0, 0.1) is 4.77 Å². The first-order chi connectivity index (χ1) is 7.75. The maximum Gasteiger partial charge on any atom is 0.214 e. The van der Waals surface area contributed by atoms with Crippen molar-refractivity contribution in [1.82, 2.24) is 14.9 Å². The normalized spacial score (nSPS) is 15.0. The quantitative estimate of drug-likeness (QED) is 0.616. The molecule has 0 amide bonds. The van der Waals surface area contributed by atoms with Gasteiger partial charge in [-0.1, -0.05) is 0 Å². The van der Waals surface area contributed by atoms with E-state index in [1.54, 1.807) is 11.3 Å². The van der Waals surface area contributed by atoms with E-state index in [9.17, 15) is 0 Å². The van der Waals surface area contributed by atoms with Gasteiger partial charge in [0.1, 0.15) is 0 Å². The number of H-pyrrole nitrogens is 1. The van der Waals surface area contributed by atoms with Gasteiger partial charge in [-0.15, -0.1) is 11.3 Å². The molecule has 0 aliphatic carbocycles. The number of nitrogens with one attached hydrogen (secondary N) is 1. The third kappa shape index (κ3) is 1.59. The van der Waals surface area contributed by atoms with Crippen LogP contribution >= 0.6 is 35.3 Å². The molecule has 2 aromatic rings. The fraction of sp³-hybridized carbons (Fsp3) is 0.333. The topological polar surface area (TPSA) is 59.6 Å². The van der Waals surface area contributed by atoms with Crippen molar-refractivity contribution in [2.75, 3.05) is 11.6 Å². The zero-order valence-corrected chi connectivity index (χ0v) is 10.8. The molecule has 0 aromatic carbocycles. The lowest BCUT2D eigenvalue weighted by Crippen LogP contribution is -2.09. The number of hydrogen-bond donors (Lipinski definition) is 2. The van der Waals surface area contributed by atoms with E-state index in [4.69, 9.17) is 18.1 Å². The average Bonchev–Trinajstić information content (AvgIpc) is 2.84. The van der Waals surface area contributed by atoms with Gasteiger partial charge < -0.3 is 5.84 Å². The van der Waals surface area contributed by atoms with Crippen molar-refractivity contribution in [2.45, 2.75) is 12.2 Å². The summed E-state index contributed by atoms with van der Waals surface area (Å²) < 4.78 is 1.88. The van der Waals surface area contributed by atoms with Gasteiger partial charge in [0, 0.05) is 10.6 Å². The Hall–Kier alpha value is -0.790. The highest BCUT2D eigenvalue weighted by Crippen LogP contribution is 2.35. The molecule has 0 saturated heterocycles. The molecule has 3 N–H and O–H groups in total. The number of aryl methyl sites for hydroxylation is 1. The summed E-state index contributed by atoms with van der Waals surface area (Å²) in [5.41, 5.74) is 1.42. The molecular formula is C9H10N4S3. The maximum atomic E-state index is 5.81. The number of thiophene rings is 1. The van der Waals surface area contributed by atoms with Crippen LogP contribution in [0.15, 0.2) is 6.07 Å². The monoisotopic (exact) mass is 270 g/mol. The highest BCUT2D eigenvalue weighted by molar-refractivity contribution is 7.98. The number of hydrogen-bond acceptors (Lipinski definition) is 5. The van der Waals surface area contributed by atoms with Crippen LogP contribution in [-0.4, -0.2) is 20.6 Å². The molecule has 7 heteroatoms. The van der Waals surface area contributed by atoms with E-state index in [0.717, 1.165) is 22.9 Å². The summed E-state index contributed by atoms with van der Waals surface area (Å²) in [6.45, 7) is 0. The average molecular weight is 270 g/mol. The molecule has 0 saturated carbocycles. The first-order valence-corrected chi connectivity index (χ1v) is 7.26. The van der Waals surface area contributed by atoms with Crippen LogP contribution in [0.2, 0.25) is 0 Å². The van der Waals surface area contributed by atoms with Crippen LogP contribution < -0.4 is 5.84 Å². The molecule has 0 radical (unpaired) electrons. The SMILES string of the molecule is Nn1c(-c2cc3c(s2)CCSC3)n[nH]c1=S. The summed E-state index contributed by atoms with van der Waals surface area (Å²) in [6.07, 6.45) is 1.15. The van der Waals surface area contributed by atoms with E-state index in [-0.39, 0.29) is 0 Å². The van der Waals surface area contributed by atoms with E-state index in [1.165, 1.54) is 20.9 Å². The number of nitrogens with two attached hydrogens (primary N) is 1. The lowest BCUT2D eigenvalue weighted by atomic mass is 10.2. The molecule has 2 aromatic heterocycles. The third-order valence-corrected chi connectivity index (χ3v) is 5.08. The second-order valence-electron chi connectivity index (χ2n) is 3.58. The first kappa shape index (κ1) is 10.4. The fourth-order valence-corrected chi connectivity index (χ4v) is 4.23. The van der Waals surface area contributed by atoms with Gasteiger partial charge in [0.2, 0.25) is 4.77 Å². The molecule has 84 valence electrons. The lowest BCUT2D eigenvalue weighted by Gasteiger charge is -2.08. The Balaban J connectivity index is 2.10. The van der Waals surface area contributed by atoms with E-state index in [1.807, 2.05) is 11.8 Å². The Kier molecular flexibility index (Phi) is 2.53. The molecule has 1 aliphatic rings. The van der Waals surface area contributed by atoms with Crippen LogP contribution in [0.25, 0.3) is 10.7 Å². The minimum Gasteiger partial charge on any atom is -0.335 e. The summed E-state index contributed by atoms with van der Waals surface area (Å²) in [4.78, 5) is 2.56. The Labute approximate surface area is 106 Å². The van der Waals surface area contributed by atoms with Crippen LogP contribution in [0.3, 0.4) is 0 Å². The van der Waals surface area contributed by atoms with Crippen molar-refractivity contribution in [3.05, 3.63) is 21.3 Å². The molecule has 16 heavy (non-hydrogen) atoms. The number of fused-ring (bicyclic) bond motifs is 1. The maximum absolute atomic E-state index is 5.81. The number of thioether (sulfide) groups is 1. The molecule has 4 nitrogen and oxygen atoms in total. The molecule has 0 bridgehead atoms. The fourth-order valence-electron chi connectivity index (χ4n) is 1.74. The number of aromatic amines is 1. The predicted octanol–water partition coefficient (Wildman–Crippen LogP) is 2.17. The summed E-state index contributed by atoms with van der Waals surface area (Å²) in [5.74, 6) is 8.85. The molecule has 0 atom stereocenters. The molecule has 0 fully saturated rings. The van der Waals surface area contributed by atoms with Crippen molar-refractivity contribution in [2.24, 2.45) is 0 Å². The molecule has 0 spiro atoms.